The molecule has 0 spiro atoms. The van der Waals surface area contributed by atoms with E-state index in [9.17, 15) is 9.18 Å². The van der Waals surface area contributed by atoms with Crippen molar-refractivity contribution in [2.24, 2.45) is 0 Å². The van der Waals surface area contributed by atoms with Crippen LogP contribution >= 0.6 is 0 Å². The lowest BCUT2D eigenvalue weighted by Crippen LogP contribution is -2.12. The summed E-state index contributed by atoms with van der Waals surface area (Å²) < 4.78 is 20.3. The van der Waals surface area contributed by atoms with E-state index < -0.39 is 11.7 Å². The van der Waals surface area contributed by atoms with Crippen molar-refractivity contribution in [2.75, 3.05) is 5.32 Å². The van der Waals surface area contributed by atoms with E-state index in [1.807, 2.05) is 6.92 Å². The molecule has 0 aliphatic carbocycles. The molecule has 1 aromatic carbocycles. The summed E-state index contributed by atoms with van der Waals surface area (Å²) in [6.45, 7) is 2.04. The Kier molecular flexibility index (Phi) is 5.10. The fourth-order valence-corrected chi connectivity index (χ4v) is 2.78. The average molecular weight is 392 g/mol. The van der Waals surface area contributed by atoms with Gasteiger partial charge in [0.25, 0.3) is 11.8 Å². The van der Waals surface area contributed by atoms with Crippen molar-refractivity contribution in [3.05, 3.63) is 72.5 Å². The first-order valence-corrected chi connectivity index (χ1v) is 9.03. The first-order chi connectivity index (χ1) is 14.1. The van der Waals surface area contributed by atoms with Crippen LogP contribution in [0.15, 0.2) is 59.6 Å². The summed E-state index contributed by atoms with van der Waals surface area (Å²) in [6.07, 6.45) is 6.24. The summed E-state index contributed by atoms with van der Waals surface area (Å²) in [5.74, 6) is 0.564. The molecule has 4 aromatic rings. The van der Waals surface area contributed by atoms with Gasteiger partial charge in [-0.3, -0.25) is 9.36 Å². The number of amides is 1. The van der Waals surface area contributed by atoms with Crippen LogP contribution in [0.25, 0.3) is 17.3 Å². The lowest BCUT2D eigenvalue weighted by molar-refractivity contribution is 0.102. The molecule has 4 rings (SSSR count). The molecule has 0 fully saturated rings. The highest BCUT2D eigenvalue weighted by Crippen LogP contribution is 2.24. The predicted molar refractivity (Wildman–Crippen MR) is 103 cm³/mol. The Morgan fingerprint density at radius 2 is 2.14 bits per heavy atom. The van der Waals surface area contributed by atoms with Crippen LogP contribution < -0.4 is 5.32 Å². The number of imidazole rings is 1. The summed E-state index contributed by atoms with van der Waals surface area (Å²) in [4.78, 5) is 25.3. The van der Waals surface area contributed by atoms with E-state index in [1.54, 1.807) is 29.0 Å². The van der Waals surface area contributed by atoms with Gasteiger partial charge in [-0.05, 0) is 36.8 Å². The maximum Gasteiger partial charge on any atom is 0.275 e. The molecule has 1 N–H and O–H groups in total. The van der Waals surface area contributed by atoms with Crippen LogP contribution in [0.1, 0.15) is 29.7 Å². The third-order valence-corrected chi connectivity index (χ3v) is 4.10. The molecular formula is C20H17FN6O2. The molecule has 29 heavy (non-hydrogen) atoms. The number of nitrogens with one attached hydrogen (secondary N) is 1. The molecule has 3 heterocycles. The number of aryl methyl sites for hydroxylation is 1. The van der Waals surface area contributed by atoms with Gasteiger partial charge in [0.15, 0.2) is 11.6 Å². The summed E-state index contributed by atoms with van der Waals surface area (Å²) in [5, 5.41) is 6.58. The smallest absolute Gasteiger partial charge is 0.275 e. The van der Waals surface area contributed by atoms with Gasteiger partial charge in [0.2, 0.25) is 0 Å². The molecule has 0 aliphatic rings. The zero-order valence-corrected chi connectivity index (χ0v) is 15.5. The summed E-state index contributed by atoms with van der Waals surface area (Å²) >= 11 is 0. The largest absolute Gasteiger partial charge is 0.334 e. The molecule has 0 aliphatic heterocycles. The minimum atomic E-state index is -0.463. The Labute approximate surface area is 165 Å². The predicted octanol–water partition coefficient (Wildman–Crippen LogP) is 3.66. The van der Waals surface area contributed by atoms with Crippen LogP contribution in [0.3, 0.4) is 0 Å². The van der Waals surface area contributed by atoms with Gasteiger partial charge in [0.05, 0.1) is 5.56 Å². The first kappa shape index (κ1) is 18.5. The maximum atomic E-state index is 13.3. The highest BCUT2D eigenvalue weighted by Gasteiger charge is 2.17. The van der Waals surface area contributed by atoms with Crippen LogP contribution in [-0.2, 0) is 6.42 Å². The number of anilines is 1. The zero-order chi connectivity index (χ0) is 20.2. The first-order valence-electron chi connectivity index (χ1n) is 9.03. The monoisotopic (exact) mass is 392 g/mol. The zero-order valence-electron chi connectivity index (χ0n) is 15.5. The van der Waals surface area contributed by atoms with E-state index in [1.165, 1.54) is 30.7 Å². The summed E-state index contributed by atoms with van der Waals surface area (Å²) in [7, 11) is 0. The number of halogens is 1. The van der Waals surface area contributed by atoms with Crippen molar-refractivity contribution in [1.82, 2.24) is 24.7 Å². The molecule has 3 aromatic heterocycles. The fourth-order valence-electron chi connectivity index (χ4n) is 2.78. The van der Waals surface area contributed by atoms with Crippen molar-refractivity contribution in [1.29, 1.82) is 0 Å². The normalized spacial score (nSPS) is 10.8. The van der Waals surface area contributed by atoms with Crippen molar-refractivity contribution < 1.29 is 13.7 Å². The second kappa shape index (κ2) is 8.01. The van der Waals surface area contributed by atoms with Gasteiger partial charge in [-0.2, -0.15) is 4.98 Å². The molecule has 0 saturated heterocycles. The number of hydrogen-bond acceptors (Lipinski definition) is 6. The standard InChI is InChI=1S/C20H17FN6O2/c1-2-5-17-25-20(29-26-17)15-8-4-9-22-18(15)27-11-16(23-12-27)19(28)24-14-7-3-6-13(21)10-14/h3-4,6-12H,2,5H2,1H3,(H,24,28). The molecule has 0 radical (unpaired) electrons. The van der Waals surface area contributed by atoms with Gasteiger partial charge in [-0.1, -0.05) is 18.1 Å². The van der Waals surface area contributed by atoms with Crippen LogP contribution in [0.5, 0.6) is 0 Å². The number of benzene rings is 1. The fraction of sp³-hybridized carbons (Fsp3) is 0.150. The van der Waals surface area contributed by atoms with Crippen LogP contribution in [0, 0.1) is 5.82 Å². The minimum absolute atomic E-state index is 0.156. The molecule has 0 atom stereocenters. The minimum Gasteiger partial charge on any atom is -0.334 e. The van der Waals surface area contributed by atoms with Crippen LogP contribution in [0.2, 0.25) is 0 Å². The summed E-state index contributed by atoms with van der Waals surface area (Å²) in [5.41, 5.74) is 1.12. The van der Waals surface area contributed by atoms with Crippen molar-refractivity contribution in [3.8, 4) is 17.3 Å². The molecule has 146 valence electrons. The van der Waals surface area contributed by atoms with Gasteiger partial charge >= 0.3 is 0 Å². The van der Waals surface area contributed by atoms with Crippen molar-refractivity contribution >= 4 is 11.6 Å². The van der Waals surface area contributed by atoms with E-state index in [2.05, 4.69) is 25.4 Å². The molecule has 1 amide bonds. The Morgan fingerprint density at radius 3 is 2.97 bits per heavy atom. The van der Waals surface area contributed by atoms with E-state index in [-0.39, 0.29) is 5.69 Å². The van der Waals surface area contributed by atoms with Gasteiger partial charge in [0.1, 0.15) is 17.8 Å². The number of carbonyl (C=O) groups excluding carboxylic acids is 1. The third kappa shape index (κ3) is 4.03. The number of pyridine rings is 1. The Morgan fingerprint density at radius 1 is 1.24 bits per heavy atom. The Balaban J connectivity index is 1.60. The van der Waals surface area contributed by atoms with Gasteiger partial charge in [-0.25, -0.2) is 14.4 Å². The number of nitrogens with zero attached hydrogens (tertiary/aromatic N) is 5. The molecule has 8 nitrogen and oxygen atoms in total. The highest BCUT2D eigenvalue weighted by molar-refractivity contribution is 6.02. The molecule has 0 unspecified atom stereocenters. The topological polar surface area (TPSA) is 98.7 Å². The van der Waals surface area contributed by atoms with E-state index in [4.69, 9.17) is 4.52 Å². The van der Waals surface area contributed by atoms with Crippen LogP contribution in [0.4, 0.5) is 10.1 Å². The SMILES string of the molecule is CCCc1noc(-c2cccnc2-n2cnc(C(=O)Nc3cccc(F)c3)c2)n1. The van der Waals surface area contributed by atoms with Crippen LogP contribution in [-0.4, -0.2) is 30.6 Å². The number of carbonyl (C=O) groups is 1. The second-order valence-corrected chi connectivity index (χ2v) is 6.27. The van der Waals surface area contributed by atoms with Gasteiger partial charge < -0.3 is 9.84 Å². The van der Waals surface area contributed by atoms with E-state index >= 15 is 0 Å². The quantitative estimate of drug-likeness (QED) is 0.538. The lowest BCUT2D eigenvalue weighted by Gasteiger charge is -2.05. The second-order valence-electron chi connectivity index (χ2n) is 6.27. The maximum absolute atomic E-state index is 13.3. The Bertz CT molecular complexity index is 1150. The molecule has 9 heteroatoms. The van der Waals surface area contributed by atoms with E-state index in [0.29, 0.717) is 35.2 Å². The third-order valence-electron chi connectivity index (χ3n) is 4.10. The molecule has 0 bridgehead atoms. The number of hydrogen-bond donors (Lipinski definition) is 1. The summed E-state index contributed by atoms with van der Waals surface area (Å²) in [6, 6.07) is 9.21. The van der Waals surface area contributed by atoms with Gasteiger partial charge in [0, 0.05) is 24.5 Å². The molecule has 0 saturated carbocycles. The molecular weight excluding hydrogens is 375 g/mol. The lowest BCUT2D eigenvalue weighted by atomic mass is 10.2. The number of rotatable bonds is 6. The highest BCUT2D eigenvalue weighted by atomic mass is 19.1. The van der Waals surface area contributed by atoms with Gasteiger partial charge in [-0.15, -0.1) is 0 Å². The van der Waals surface area contributed by atoms with Crippen molar-refractivity contribution in [3.63, 3.8) is 0 Å². The number of aromatic nitrogens is 5. The van der Waals surface area contributed by atoms with E-state index in [0.717, 1.165) is 6.42 Å². The van der Waals surface area contributed by atoms with Crippen molar-refractivity contribution in [2.45, 2.75) is 19.8 Å². The Hall–Kier alpha value is -3.88. The average Bonchev–Trinajstić information content (AvgIpc) is 3.38.